The molecule has 0 atom stereocenters. The Hall–Kier alpha value is -1.73. The number of H-pyrrole nitrogens is 1. The van der Waals surface area contributed by atoms with Gasteiger partial charge >= 0.3 is 0 Å². The number of ether oxygens (including phenoxy) is 1. The average molecular weight is 342 g/mol. The summed E-state index contributed by atoms with van der Waals surface area (Å²) in [6.07, 6.45) is 5.19. The molecule has 3 rings (SSSR count). The number of rotatable bonds is 3. The molecule has 2 aromatic rings. The molecule has 1 aromatic heterocycles. The van der Waals surface area contributed by atoms with Crippen LogP contribution < -0.4 is 10.3 Å². The Kier molecular flexibility index (Phi) is 4.26. The maximum absolute atomic E-state index is 14.2. The number of halogens is 2. The number of aromatic amines is 1. The minimum absolute atomic E-state index is 0.000499. The molecular weight excluding hydrogens is 329 g/mol. The Labute approximate surface area is 135 Å². The first-order valence-electron chi connectivity index (χ1n) is 6.89. The molecule has 1 aliphatic rings. The quantitative estimate of drug-likeness (QED) is 0.869. The molecule has 1 aliphatic carbocycles. The topological polar surface area (TPSA) is 59.9 Å². The van der Waals surface area contributed by atoms with Gasteiger partial charge in [-0.15, -0.1) is 0 Å². The van der Waals surface area contributed by atoms with Crippen LogP contribution in [0.25, 0.3) is 5.69 Å². The lowest BCUT2D eigenvalue weighted by Gasteiger charge is -2.16. The molecule has 0 amide bonds. The fourth-order valence-electron chi connectivity index (χ4n) is 2.54. The predicted molar refractivity (Wildman–Crippen MR) is 82.9 cm³/mol. The Morgan fingerprint density at radius 3 is 2.82 bits per heavy atom. The number of nitrogens with one attached hydrogen (secondary N) is 1. The van der Waals surface area contributed by atoms with Crippen LogP contribution in [-0.4, -0.2) is 20.9 Å². The lowest BCUT2D eigenvalue weighted by atomic mass is 10.2. The van der Waals surface area contributed by atoms with Crippen LogP contribution in [0.5, 0.6) is 5.75 Å². The summed E-state index contributed by atoms with van der Waals surface area (Å²) in [7, 11) is 0. The van der Waals surface area contributed by atoms with E-state index in [9.17, 15) is 9.18 Å². The van der Waals surface area contributed by atoms with Crippen molar-refractivity contribution in [2.45, 2.75) is 31.8 Å². The third-order valence-electron chi connectivity index (χ3n) is 3.60. The Morgan fingerprint density at radius 2 is 2.14 bits per heavy atom. The third kappa shape index (κ3) is 2.91. The molecule has 1 N–H and O–H groups in total. The molecule has 0 radical (unpaired) electrons. The summed E-state index contributed by atoms with van der Waals surface area (Å²) in [4.78, 5) is 11.9. The fraction of sp³-hybridized carbons (Fsp3) is 0.357. The van der Waals surface area contributed by atoms with Crippen LogP contribution in [0.15, 0.2) is 23.1 Å². The molecule has 1 fully saturated rings. The molecule has 1 heterocycles. The molecule has 0 spiro atoms. The van der Waals surface area contributed by atoms with Gasteiger partial charge in [0.05, 0.1) is 16.8 Å². The maximum atomic E-state index is 14.2. The number of benzene rings is 1. The van der Waals surface area contributed by atoms with Gasteiger partial charge in [0, 0.05) is 6.07 Å². The minimum Gasteiger partial charge on any atom is -0.489 e. The lowest BCUT2D eigenvalue weighted by molar-refractivity contribution is 0.210. The van der Waals surface area contributed by atoms with E-state index in [0.29, 0.717) is 5.75 Å². The zero-order valence-electron chi connectivity index (χ0n) is 11.5. The van der Waals surface area contributed by atoms with Crippen LogP contribution >= 0.6 is 23.8 Å². The predicted octanol–water partition coefficient (Wildman–Crippen LogP) is 3.40. The Bertz CT molecular complexity index is 786. The van der Waals surface area contributed by atoms with E-state index in [1.54, 1.807) is 0 Å². The summed E-state index contributed by atoms with van der Waals surface area (Å²) in [6.45, 7) is 0. The summed E-state index contributed by atoms with van der Waals surface area (Å²) in [5, 5.41) is 6.21. The molecule has 8 heteroatoms. The van der Waals surface area contributed by atoms with Crippen LogP contribution in [0, 0.1) is 10.6 Å². The number of hydrogen-bond donors (Lipinski definition) is 1. The molecule has 22 heavy (non-hydrogen) atoms. The van der Waals surface area contributed by atoms with Crippen LogP contribution in [0.3, 0.4) is 0 Å². The van der Waals surface area contributed by atoms with Crippen molar-refractivity contribution in [2.24, 2.45) is 0 Å². The molecule has 0 saturated heterocycles. The van der Waals surface area contributed by atoms with E-state index in [2.05, 4.69) is 10.2 Å². The smallest absolute Gasteiger partial charge is 0.277 e. The zero-order chi connectivity index (χ0) is 15.7. The second-order valence-electron chi connectivity index (χ2n) is 5.11. The first kappa shape index (κ1) is 15.2. The molecule has 1 aromatic carbocycles. The van der Waals surface area contributed by atoms with Crippen LogP contribution in [0.4, 0.5) is 4.39 Å². The molecule has 0 aliphatic heterocycles. The Balaban J connectivity index is 2.08. The first-order chi connectivity index (χ1) is 10.6. The highest BCUT2D eigenvalue weighted by Gasteiger charge is 2.20. The van der Waals surface area contributed by atoms with Crippen molar-refractivity contribution < 1.29 is 9.13 Å². The highest BCUT2D eigenvalue weighted by Crippen LogP contribution is 2.32. The first-order valence-corrected chi connectivity index (χ1v) is 7.67. The third-order valence-corrected chi connectivity index (χ3v) is 4.17. The van der Waals surface area contributed by atoms with Crippen LogP contribution in [-0.2, 0) is 0 Å². The van der Waals surface area contributed by atoms with Crippen molar-refractivity contribution in [1.29, 1.82) is 0 Å². The van der Waals surface area contributed by atoms with Crippen molar-refractivity contribution in [1.82, 2.24) is 14.8 Å². The van der Waals surface area contributed by atoms with Crippen molar-refractivity contribution >= 4 is 23.8 Å². The van der Waals surface area contributed by atoms with E-state index >= 15 is 0 Å². The number of hydrogen-bond acceptors (Lipinski definition) is 4. The van der Waals surface area contributed by atoms with E-state index in [4.69, 9.17) is 28.6 Å². The van der Waals surface area contributed by atoms with Crippen molar-refractivity contribution in [3.8, 4) is 11.4 Å². The molecular formula is C14H13ClFN3O2S. The zero-order valence-corrected chi connectivity index (χ0v) is 13.1. The standard InChI is InChI=1S/C14H13ClFN3O2S/c15-9-5-10(16)11(19-13(20)7-17-18-14(19)22)6-12(9)21-8-3-1-2-4-8/h5-8H,1-4H2,(H,18,22). The normalized spacial score (nSPS) is 15.2. The van der Waals surface area contributed by atoms with Gasteiger partial charge in [-0.3, -0.25) is 9.89 Å². The molecule has 1 saturated carbocycles. The number of aromatic nitrogens is 3. The molecule has 116 valence electrons. The molecule has 5 nitrogen and oxygen atoms in total. The van der Waals surface area contributed by atoms with Crippen molar-refractivity contribution in [3.05, 3.63) is 44.3 Å². The summed E-state index contributed by atoms with van der Waals surface area (Å²) in [5.74, 6) is -0.306. The van der Waals surface area contributed by atoms with E-state index in [0.717, 1.165) is 42.5 Å². The van der Waals surface area contributed by atoms with E-state index in [-0.39, 0.29) is 21.6 Å². The largest absolute Gasteiger partial charge is 0.489 e. The van der Waals surface area contributed by atoms with Gasteiger partial charge in [0.1, 0.15) is 17.8 Å². The second-order valence-corrected chi connectivity index (χ2v) is 5.90. The number of nitrogens with zero attached hydrogens (tertiary/aromatic N) is 2. The molecule has 0 bridgehead atoms. The Morgan fingerprint density at radius 1 is 1.41 bits per heavy atom. The summed E-state index contributed by atoms with van der Waals surface area (Å²) >= 11 is 11.1. The van der Waals surface area contributed by atoms with Crippen molar-refractivity contribution in [3.63, 3.8) is 0 Å². The SMILES string of the molecule is O=c1cn[nH]c(=S)n1-c1cc(OC2CCCC2)c(Cl)cc1F. The van der Waals surface area contributed by atoms with E-state index in [1.165, 1.54) is 6.07 Å². The van der Waals surface area contributed by atoms with Gasteiger partial charge in [0.25, 0.3) is 5.56 Å². The van der Waals surface area contributed by atoms with Crippen molar-refractivity contribution in [2.75, 3.05) is 0 Å². The average Bonchev–Trinajstić information content (AvgIpc) is 2.96. The van der Waals surface area contributed by atoms with Gasteiger partial charge < -0.3 is 4.74 Å². The highest BCUT2D eigenvalue weighted by molar-refractivity contribution is 7.71. The monoisotopic (exact) mass is 341 g/mol. The summed E-state index contributed by atoms with van der Waals surface area (Å²) in [6, 6.07) is 2.53. The summed E-state index contributed by atoms with van der Waals surface area (Å²) < 4.78 is 21.1. The van der Waals surface area contributed by atoms with Gasteiger partial charge in [-0.05, 0) is 44.0 Å². The highest BCUT2D eigenvalue weighted by atomic mass is 35.5. The van der Waals surface area contributed by atoms with Gasteiger partial charge in [0.2, 0.25) is 4.77 Å². The van der Waals surface area contributed by atoms with Crippen LogP contribution in [0.1, 0.15) is 25.7 Å². The van der Waals surface area contributed by atoms with Gasteiger partial charge in [-0.1, -0.05) is 11.6 Å². The lowest BCUT2D eigenvalue weighted by Crippen LogP contribution is -2.21. The van der Waals surface area contributed by atoms with Gasteiger partial charge in [-0.2, -0.15) is 5.10 Å². The van der Waals surface area contributed by atoms with E-state index < -0.39 is 11.4 Å². The summed E-state index contributed by atoms with van der Waals surface area (Å²) in [5.41, 5.74) is -0.539. The fourth-order valence-corrected chi connectivity index (χ4v) is 2.98. The molecule has 0 unspecified atom stereocenters. The maximum Gasteiger partial charge on any atom is 0.277 e. The van der Waals surface area contributed by atoms with Crippen LogP contribution in [0.2, 0.25) is 5.02 Å². The van der Waals surface area contributed by atoms with Gasteiger partial charge in [0.15, 0.2) is 0 Å². The minimum atomic E-state index is -0.656. The van der Waals surface area contributed by atoms with E-state index in [1.807, 2.05) is 0 Å². The van der Waals surface area contributed by atoms with Gasteiger partial charge in [-0.25, -0.2) is 8.96 Å². The second kappa shape index (κ2) is 6.18.